The van der Waals surface area contributed by atoms with Gasteiger partial charge < -0.3 is 10.1 Å². The number of hydrogen-bond donors (Lipinski definition) is 2. The van der Waals surface area contributed by atoms with Crippen molar-refractivity contribution < 1.29 is 17.9 Å². The molecule has 1 aliphatic rings. The largest absolute Gasteiger partial charge is 0.491 e. The summed E-state index contributed by atoms with van der Waals surface area (Å²) >= 11 is 3.32. The Bertz CT molecular complexity index is 939. The van der Waals surface area contributed by atoms with Gasteiger partial charge in [0.1, 0.15) is 5.75 Å². The summed E-state index contributed by atoms with van der Waals surface area (Å²) in [5, 5.41) is 2.77. The third kappa shape index (κ3) is 5.31. The van der Waals surface area contributed by atoms with Crippen molar-refractivity contribution >= 4 is 37.5 Å². The number of nitrogens with one attached hydrogen (secondary N) is 2. The molecule has 3 rings (SSSR count). The van der Waals surface area contributed by atoms with E-state index in [4.69, 9.17) is 4.74 Å². The number of amides is 1. The summed E-state index contributed by atoms with van der Waals surface area (Å²) < 4.78 is 33.5. The number of benzene rings is 2. The highest BCUT2D eigenvalue weighted by atomic mass is 79.9. The van der Waals surface area contributed by atoms with Crippen molar-refractivity contribution in [2.75, 3.05) is 5.32 Å². The van der Waals surface area contributed by atoms with Crippen molar-refractivity contribution in [2.24, 2.45) is 0 Å². The van der Waals surface area contributed by atoms with Gasteiger partial charge in [-0.2, -0.15) is 0 Å². The van der Waals surface area contributed by atoms with Gasteiger partial charge in [-0.3, -0.25) is 4.79 Å². The van der Waals surface area contributed by atoms with Crippen molar-refractivity contribution in [3.05, 3.63) is 52.5 Å². The van der Waals surface area contributed by atoms with E-state index in [2.05, 4.69) is 26.0 Å². The summed E-state index contributed by atoms with van der Waals surface area (Å²) in [6.45, 7) is 3.87. The molecule has 0 aliphatic heterocycles. The van der Waals surface area contributed by atoms with Crippen LogP contribution in [0.5, 0.6) is 5.75 Å². The number of halogens is 1. The fourth-order valence-corrected chi connectivity index (χ4v) is 4.18. The lowest BCUT2D eigenvalue weighted by Crippen LogP contribution is -2.26. The number of carbonyl (C=O) groups excluding carboxylic acids is 1. The van der Waals surface area contributed by atoms with Crippen LogP contribution in [0.2, 0.25) is 0 Å². The lowest BCUT2D eigenvalue weighted by atomic mass is 10.2. The first-order chi connectivity index (χ1) is 12.7. The Balaban J connectivity index is 1.76. The Morgan fingerprint density at radius 1 is 1.15 bits per heavy atom. The molecular formula is C19H21BrN2O4S. The molecule has 1 amide bonds. The van der Waals surface area contributed by atoms with Crippen LogP contribution < -0.4 is 14.8 Å². The van der Waals surface area contributed by atoms with E-state index >= 15 is 0 Å². The number of carbonyl (C=O) groups is 1. The Hall–Kier alpha value is -1.90. The van der Waals surface area contributed by atoms with Crippen LogP contribution in [0.25, 0.3) is 0 Å². The van der Waals surface area contributed by atoms with Crippen LogP contribution in [0.15, 0.2) is 51.8 Å². The van der Waals surface area contributed by atoms with E-state index in [9.17, 15) is 13.2 Å². The molecule has 1 aliphatic carbocycles. The summed E-state index contributed by atoms with van der Waals surface area (Å²) in [7, 11) is -3.63. The Kier molecular flexibility index (Phi) is 5.88. The monoisotopic (exact) mass is 452 g/mol. The summed E-state index contributed by atoms with van der Waals surface area (Å²) in [6, 6.07) is 11.4. The number of anilines is 1. The van der Waals surface area contributed by atoms with Gasteiger partial charge in [-0.1, -0.05) is 0 Å². The van der Waals surface area contributed by atoms with Crippen LogP contribution in [0, 0.1) is 0 Å². The van der Waals surface area contributed by atoms with Gasteiger partial charge in [0.25, 0.3) is 5.91 Å². The van der Waals surface area contributed by atoms with Crippen LogP contribution in [0.1, 0.15) is 37.0 Å². The number of sulfonamides is 1. The summed E-state index contributed by atoms with van der Waals surface area (Å²) in [5.74, 6) is 0.311. The van der Waals surface area contributed by atoms with Crippen LogP contribution in [-0.2, 0) is 10.0 Å². The van der Waals surface area contributed by atoms with E-state index in [-0.39, 0.29) is 22.6 Å². The second-order valence-corrected chi connectivity index (χ2v) is 9.25. The third-order valence-corrected chi connectivity index (χ3v) is 6.09. The zero-order chi connectivity index (χ0) is 19.6. The van der Waals surface area contributed by atoms with E-state index < -0.39 is 15.9 Å². The number of hydrogen-bond acceptors (Lipinski definition) is 4. The lowest BCUT2D eigenvalue weighted by Gasteiger charge is -2.12. The van der Waals surface area contributed by atoms with Crippen LogP contribution in [0.4, 0.5) is 5.69 Å². The van der Waals surface area contributed by atoms with E-state index in [1.54, 1.807) is 30.3 Å². The second kappa shape index (κ2) is 8.00. The van der Waals surface area contributed by atoms with E-state index in [1.165, 1.54) is 12.1 Å². The topological polar surface area (TPSA) is 84.5 Å². The van der Waals surface area contributed by atoms with E-state index in [0.29, 0.717) is 15.9 Å². The molecule has 0 aromatic heterocycles. The average molecular weight is 453 g/mol. The van der Waals surface area contributed by atoms with Crippen molar-refractivity contribution in [2.45, 2.75) is 43.7 Å². The first-order valence-corrected chi connectivity index (χ1v) is 10.9. The maximum absolute atomic E-state index is 12.6. The van der Waals surface area contributed by atoms with Crippen molar-refractivity contribution in [1.82, 2.24) is 4.72 Å². The van der Waals surface area contributed by atoms with Gasteiger partial charge in [0.15, 0.2) is 0 Å². The third-order valence-electron chi connectivity index (χ3n) is 3.88. The minimum absolute atomic E-state index is 0.00231. The van der Waals surface area contributed by atoms with Crippen molar-refractivity contribution in [1.29, 1.82) is 0 Å². The molecule has 0 saturated heterocycles. The molecule has 0 atom stereocenters. The molecule has 6 nitrogen and oxygen atoms in total. The van der Waals surface area contributed by atoms with Gasteiger partial charge in [-0.05, 0) is 85.1 Å². The van der Waals surface area contributed by atoms with Gasteiger partial charge in [0, 0.05) is 16.2 Å². The predicted molar refractivity (Wildman–Crippen MR) is 108 cm³/mol. The maximum atomic E-state index is 12.6. The molecule has 0 radical (unpaired) electrons. The van der Waals surface area contributed by atoms with Crippen molar-refractivity contribution in [3.63, 3.8) is 0 Å². The first kappa shape index (κ1) is 19.9. The smallest absolute Gasteiger partial charge is 0.256 e. The SMILES string of the molecule is CC(C)Oc1ccc(NC(=O)c2cc(S(=O)(=O)NC3CC3)ccc2Br)cc1. The average Bonchev–Trinajstić information content (AvgIpc) is 3.39. The fourth-order valence-electron chi connectivity index (χ4n) is 2.42. The zero-order valence-electron chi connectivity index (χ0n) is 15.0. The summed E-state index contributed by atoms with van der Waals surface area (Å²) in [4.78, 5) is 12.7. The molecule has 2 N–H and O–H groups in total. The molecule has 0 spiro atoms. The molecule has 8 heteroatoms. The molecule has 0 unspecified atom stereocenters. The standard InChI is InChI=1S/C19H21BrN2O4S/c1-12(2)26-15-7-5-13(6-8-15)21-19(23)17-11-16(9-10-18(17)20)27(24,25)22-14-3-4-14/h5-12,14,22H,3-4H2,1-2H3,(H,21,23). The predicted octanol–water partition coefficient (Wildman–Crippen LogP) is 3.93. The Morgan fingerprint density at radius 2 is 1.81 bits per heavy atom. The molecule has 0 bridgehead atoms. The molecule has 0 heterocycles. The highest BCUT2D eigenvalue weighted by Crippen LogP contribution is 2.26. The molecule has 27 heavy (non-hydrogen) atoms. The summed E-state index contributed by atoms with van der Waals surface area (Å²) in [5.41, 5.74) is 0.837. The van der Waals surface area contributed by atoms with Gasteiger partial charge in [0.05, 0.1) is 16.6 Å². The highest BCUT2D eigenvalue weighted by molar-refractivity contribution is 9.10. The molecule has 2 aromatic carbocycles. The van der Waals surface area contributed by atoms with Gasteiger partial charge >= 0.3 is 0 Å². The minimum Gasteiger partial charge on any atom is -0.491 e. The van der Waals surface area contributed by atoms with Crippen LogP contribution in [0.3, 0.4) is 0 Å². The van der Waals surface area contributed by atoms with Crippen LogP contribution in [-0.4, -0.2) is 26.5 Å². The summed E-state index contributed by atoms with van der Waals surface area (Å²) in [6.07, 6.45) is 1.76. The quantitative estimate of drug-likeness (QED) is 0.666. The second-order valence-electron chi connectivity index (χ2n) is 6.68. The van der Waals surface area contributed by atoms with Gasteiger partial charge in [-0.15, -0.1) is 0 Å². The van der Waals surface area contributed by atoms with E-state index in [0.717, 1.165) is 12.8 Å². The Labute approximate surface area is 167 Å². The molecule has 144 valence electrons. The fraction of sp³-hybridized carbons (Fsp3) is 0.316. The lowest BCUT2D eigenvalue weighted by molar-refractivity contribution is 0.102. The van der Waals surface area contributed by atoms with Crippen LogP contribution >= 0.6 is 15.9 Å². The molecule has 1 saturated carbocycles. The van der Waals surface area contributed by atoms with E-state index in [1.807, 2.05) is 13.8 Å². The molecular weight excluding hydrogens is 432 g/mol. The zero-order valence-corrected chi connectivity index (χ0v) is 17.4. The Morgan fingerprint density at radius 3 is 2.41 bits per heavy atom. The number of rotatable bonds is 7. The number of ether oxygens (including phenoxy) is 1. The maximum Gasteiger partial charge on any atom is 0.256 e. The first-order valence-electron chi connectivity index (χ1n) is 8.64. The van der Waals surface area contributed by atoms with Gasteiger partial charge in [0.2, 0.25) is 10.0 Å². The van der Waals surface area contributed by atoms with Gasteiger partial charge in [-0.25, -0.2) is 13.1 Å². The minimum atomic E-state index is -3.63. The highest BCUT2D eigenvalue weighted by Gasteiger charge is 2.28. The molecule has 1 fully saturated rings. The normalized spacial score (nSPS) is 14.2. The molecule has 2 aromatic rings. The van der Waals surface area contributed by atoms with Crippen molar-refractivity contribution in [3.8, 4) is 5.75 Å².